The highest BCUT2D eigenvalue weighted by Crippen LogP contribution is 2.27. The van der Waals surface area contributed by atoms with Crippen LogP contribution in [-0.2, 0) is 11.1 Å². The lowest BCUT2D eigenvalue weighted by molar-refractivity contribution is 0.226. The van der Waals surface area contributed by atoms with Crippen molar-refractivity contribution in [2.75, 3.05) is 0 Å². The first-order chi connectivity index (χ1) is 17.0. The Morgan fingerprint density at radius 1 is 0.583 bits per heavy atom. The van der Waals surface area contributed by atoms with Gasteiger partial charge in [-0.15, -0.1) is 0 Å². The van der Waals surface area contributed by atoms with E-state index in [1.165, 1.54) is 0 Å². The molecule has 6 nitrogen and oxygen atoms in total. The van der Waals surface area contributed by atoms with Gasteiger partial charge < -0.3 is 21.3 Å². The first kappa shape index (κ1) is 26.8. The fraction of sp³-hybridized carbons (Fsp3) is 0.333. The molecule has 4 N–H and O–H groups in total. The summed E-state index contributed by atoms with van der Waals surface area (Å²) in [4.78, 5) is 25.6. The van der Waals surface area contributed by atoms with Gasteiger partial charge in [0.15, 0.2) is 0 Å². The van der Waals surface area contributed by atoms with Crippen LogP contribution in [0.2, 0.25) is 0 Å². The fourth-order valence-electron chi connectivity index (χ4n) is 4.12. The molecule has 0 aromatic heterocycles. The molecule has 0 spiro atoms. The smallest absolute Gasteiger partial charge is 0.315 e. The van der Waals surface area contributed by atoms with Crippen LogP contribution in [0.15, 0.2) is 84.9 Å². The summed E-state index contributed by atoms with van der Waals surface area (Å²) < 4.78 is 0. The van der Waals surface area contributed by atoms with E-state index >= 15 is 0 Å². The van der Waals surface area contributed by atoms with Gasteiger partial charge in [0.05, 0.1) is 23.2 Å². The van der Waals surface area contributed by atoms with Gasteiger partial charge in [-0.25, -0.2) is 9.59 Å². The molecule has 2 atom stereocenters. The standard InChI is InChI=1S/C30H38N4O2/c1-21(23-14-9-7-10-15-23)31-27(35)33-29(3,4)25-18-13-19-26(20-25)30(5,6)34-28(36)32-22(2)24-16-11-8-12-17-24/h7-22H,1-6H3,(H2,31,33,35)(H2,32,34,36)/t21-,22+. The lowest BCUT2D eigenvalue weighted by Gasteiger charge is -2.32. The third-order valence-electron chi connectivity index (χ3n) is 6.45. The van der Waals surface area contributed by atoms with Crippen LogP contribution in [0.4, 0.5) is 9.59 Å². The molecule has 0 bridgehead atoms. The Bertz CT molecular complexity index is 1070. The van der Waals surface area contributed by atoms with E-state index in [0.717, 1.165) is 22.3 Å². The lowest BCUT2D eigenvalue weighted by Crippen LogP contribution is -2.48. The van der Waals surface area contributed by atoms with Gasteiger partial charge in [0.2, 0.25) is 0 Å². The van der Waals surface area contributed by atoms with Gasteiger partial charge in [0.25, 0.3) is 0 Å². The van der Waals surface area contributed by atoms with Crippen LogP contribution in [0, 0.1) is 0 Å². The van der Waals surface area contributed by atoms with E-state index < -0.39 is 11.1 Å². The fourth-order valence-corrected chi connectivity index (χ4v) is 4.12. The first-order valence-corrected chi connectivity index (χ1v) is 12.4. The summed E-state index contributed by atoms with van der Waals surface area (Å²) in [5.74, 6) is 0. The van der Waals surface area contributed by atoms with E-state index in [0.29, 0.717) is 0 Å². The number of amides is 4. The Balaban J connectivity index is 1.65. The Morgan fingerprint density at radius 2 is 0.944 bits per heavy atom. The number of rotatable bonds is 8. The van der Waals surface area contributed by atoms with Crippen molar-refractivity contribution in [2.45, 2.75) is 64.7 Å². The summed E-state index contributed by atoms with van der Waals surface area (Å²) in [5.41, 5.74) is 2.71. The Labute approximate surface area is 214 Å². The molecule has 6 heteroatoms. The zero-order valence-electron chi connectivity index (χ0n) is 22.1. The van der Waals surface area contributed by atoms with Crippen molar-refractivity contribution in [1.82, 2.24) is 21.3 Å². The van der Waals surface area contributed by atoms with Gasteiger partial charge in [0.1, 0.15) is 0 Å². The normalized spacial score (nSPS) is 13.3. The molecule has 0 aliphatic carbocycles. The zero-order valence-corrected chi connectivity index (χ0v) is 22.1. The van der Waals surface area contributed by atoms with Crippen LogP contribution in [-0.4, -0.2) is 12.1 Å². The quantitative estimate of drug-likeness (QED) is 0.302. The number of carbonyl (C=O) groups is 2. The summed E-state index contributed by atoms with van der Waals surface area (Å²) in [5, 5.41) is 12.2. The van der Waals surface area contributed by atoms with Crippen molar-refractivity contribution >= 4 is 12.1 Å². The molecule has 0 heterocycles. The van der Waals surface area contributed by atoms with Crippen molar-refractivity contribution in [3.63, 3.8) is 0 Å². The van der Waals surface area contributed by atoms with Crippen LogP contribution in [0.3, 0.4) is 0 Å². The van der Waals surface area contributed by atoms with E-state index in [2.05, 4.69) is 21.3 Å². The molecule has 190 valence electrons. The molecule has 36 heavy (non-hydrogen) atoms. The van der Waals surface area contributed by atoms with Gasteiger partial charge in [-0.3, -0.25) is 0 Å². The molecule has 4 amide bonds. The van der Waals surface area contributed by atoms with Crippen molar-refractivity contribution in [2.24, 2.45) is 0 Å². The first-order valence-electron chi connectivity index (χ1n) is 12.4. The van der Waals surface area contributed by atoms with Crippen LogP contribution >= 0.6 is 0 Å². The number of nitrogens with one attached hydrogen (secondary N) is 4. The van der Waals surface area contributed by atoms with Crippen LogP contribution in [0.25, 0.3) is 0 Å². The lowest BCUT2D eigenvalue weighted by atomic mass is 9.87. The maximum Gasteiger partial charge on any atom is 0.315 e. The highest BCUT2D eigenvalue weighted by Gasteiger charge is 2.28. The molecule has 0 unspecified atom stereocenters. The van der Waals surface area contributed by atoms with E-state index in [4.69, 9.17) is 0 Å². The number of hydrogen-bond acceptors (Lipinski definition) is 2. The van der Waals surface area contributed by atoms with E-state index in [9.17, 15) is 9.59 Å². The maximum absolute atomic E-state index is 12.8. The number of urea groups is 2. The summed E-state index contributed by atoms with van der Waals surface area (Å²) >= 11 is 0. The SMILES string of the molecule is C[C@H](NC(=O)NC(C)(C)c1cccc(C(C)(C)NC(=O)N[C@H](C)c2ccccc2)c1)c1ccccc1. The zero-order chi connectivity index (χ0) is 26.3. The maximum atomic E-state index is 12.8. The highest BCUT2D eigenvalue weighted by atomic mass is 16.2. The molecule has 0 aliphatic rings. The molecule has 3 aromatic carbocycles. The molecule has 0 radical (unpaired) electrons. The topological polar surface area (TPSA) is 82.3 Å². The Morgan fingerprint density at radius 3 is 1.31 bits per heavy atom. The molecule has 3 rings (SSSR count). The van der Waals surface area contributed by atoms with Gasteiger partial charge in [-0.1, -0.05) is 84.9 Å². The van der Waals surface area contributed by atoms with Crippen molar-refractivity contribution in [3.05, 3.63) is 107 Å². The molecular formula is C30H38N4O2. The Kier molecular flexibility index (Phi) is 8.41. The summed E-state index contributed by atoms with van der Waals surface area (Å²) in [6.07, 6.45) is 0. The van der Waals surface area contributed by atoms with E-state index in [-0.39, 0.29) is 24.1 Å². The van der Waals surface area contributed by atoms with Crippen LogP contribution < -0.4 is 21.3 Å². The number of benzene rings is 3. The molecule has 0 saturated carbocycles. The van der Waals surface area contributed by atoms with Gasteiger partial charge >= 0.3 is 12.1 Å². The van der Waals surface area contributed by atoms with Crippen LogP contribution in [0.1, 0.15) is 75.9 Å². The number of hydrogen-bond donors (Lipinski definition) is 4. The number of carbonyl (C=O) groups excluding carboxylic acids is 2. The minimum absolute atomic E-state index is 0.117. The predicted molar refractivity (Wildman–Crippen MR) is 146 cm³/mol. The second-order valence-corrected chi connectivity index (χ2v) is 10.3. The third-order valence-corrected chi connectivity index (χ3v) is 6.45. The average molecular weight is 487 g/mol. The second kappa shape index (κ2) is 11.3. The molecule has 0 saturated heterocycles. The highest BCUT2D eigenvalue weighted by molar-refractivity contribution is 5.76. The van der Waals surface area contributed by atoms with Gasteiger partial charge in [-0.05, 0) is 63.8 Å². The summed E-state index contributed by atoms with van der Waals surface area (Å²) in [7, 11) is 0. The summed E-state index contributed by atoms with van der Waals surface area (Å²) in [6, 6.07) is 26.9. The largest absolute Gasteiger partial charge is 0.332 e. The van der Waals surface area contributed by atoms with Crippen molar-refractivity contribution in [1.29, 1.82) is 0 Å². The second-order valence-electron chi connectivity index (χ2n) is 10.3. The minimum Gasteiger partial charge on any atom is -0.332 e. The van der Waals surface area contributed by atoms with Crippen LogP contribution in [0.5, 0.6) is 0 Å². The van der Waals surface area contributed by atoms with Gasteiger partial charge in [-0.2, -0.15) is 0 Å². The average Bonchev–Trinajstić information content (AvgIpc) is 2.84. The minimum atomic E-state index is -0.628. The molecular weight excluding hydrogens is 448 g/mol. The third kappa shape index (κ3) is 7.11. The predicted octanol–water partition coefficient (Wildman–Crippen LogP) is 6.28. The molecule has 0 aliphatic heterocycles. The van der Waals surface area contributed by atoms with Gasteiger partial charge in [0, 0.05) is 0 Å². The van der Waals surface area contributed by atoms with E-state index in [1.807, 2.05) is 126 Å². The summed E-state index contributed by atoms with van der Waals surface area (Å²) in [6.45, 7) is 11.8. The van der Waals surface area contributed by atoms with Crippen molar-refractivity contribution < 1.29 is 9.59 Å². The van der Waals surface area contributed by atoms with Crippen molar-refractivity contribution in [3.8, 4) is 0 Å². The monoisotopic (exact) mass is 486 g/mol. The Hall–Kier alpha value is -3.80. The molecule has 0 fully saturated rings. The molecule has 3 aromatic rings. The van der Waals surface area contributed by atoms with E-state index in [1.54, 1.807) is 0 Å².